The van der Waals surface area contributed by atoms with Gasteiger partial charge in [0.2, 0.25) is 5.96 Å². The highest BCUT2D eigenvalue weighted by Gasteiger charge is 2.07. The van der Waals surface area contributed by atoms with Crippen LogP contribution in [0.5, 0.6) is 0 Å². The number of nitrogens with one attached hydrogen (secondary N) is 1. The molecule has 0 unspecified atom stereocenters. The number of nitrogens with zero attached hydrogens (tertiary/aromatic N) is 2. The lowest BCUT2D eigenvalue weighted by Gasteiger charge is -2.23. The first-order valence-electron chi connectivity index (χ1n) is 6.71. The fourth-order valence-electron chi connectivity index (χ4n) is 1.47. The van der Waals surface area contributed by atoms with Crippen LogP contribution in [0.2, 0.25) is 0 Å². The van der Waals surface area contributed by atoms with Crippen molar-refractivity contribution in [2.75, 3.05) is 46.1 Å². The van der Waals surface area contributed by atoms with Crippen molar-refractivity contribution in [3.05, 3.63) is 0 Å². The van der Waals surface area contributed by atoms with E-state index in [0.717, 1.165) is 39.3 Å². The Morgan fingerprint density at radius 1 is 1.17 bits per heavy atom. The number of hydrogen-bond acceptors (Lipinski definition) is 4. The molecule has 0 bridgehead atoms. The normalized spacial score (nSPS) is 11.7. The molecule has 0 saturated carbocycles. The van der Waals surface area contributed by atoms with Gasteiger partial charge in [-0.1, -0.05) is 0 Å². The molecule has 0 aliphatic heterocycles. The van der Waals surface area contributed by atoms with E-state index in [0.29, 0.717) is 19.1 Å². The molecule has 0 aliphatic rings. The van der Waals surface area contributed by atoms with Crippen molar-refractivity contribution in [3.63, 3.8) is 0 Å². The van der Waals surface area contributed by atoms with Gasteiger partial charge in [-0.2, -0.15) is 0 Å². The molecule has 0 rings (SSSR count). The number of likely N-dealkylation sites (N-methyl/N-ethyl adjacent to an activating group) is 1. The highest BCUT2D eigenvalue weighted by molar-refractivity contribution is 5.79. The van der Waals surface area contributed by atoms with Gasteiger partial charge in [0.1, 0.15) is 0 Å². The summed E-state index contributed by atoms with van der Waals surface area (Å²) in [6.45, 7) is 11.3. The Morgan fingerprint density at radius 3 is 2.39 bits per heavy atom. The molecule has 0 aromatic heterocycles. The van der Waals surface area contributed by atoms with Crippen molar-refractivity contribution in [2.45, 2.75) is 27.2 Å². The lowest BCUT2D eigenvalue weighted by atomic mass is 10.4. The summed E-state index contributed by atoms with van der Waals surface area (Å²) in [5.41, 5.74) is 2.65. The maximum Gasteiger partial charge on any atom is 0.208 e. The minimum Gasteiger partial charge on any atom is -0.382 e. The van der Waals surface area contributed by atoms with Crippen LogP contribution in [-0.2, 0) is 9.47 Å². The van der Waals surface area contributed by atoms with Crippen molar-refractivity contribution in [1.29, 1.82) is 0 Å². The highest BCUT2D eigenvalue weighted by atomic mass is 16.5. The first-order valence-corrected chi connectivity index (χ1v) is 6.71. The van der Waals surface area contributed by atoms with Crippen molar-refractivity contribution in [3.8, 4) is 0 Å². The molecular weight excluding hydrogens is 232 g/mol. The van der Waals surface area contributed by atoms with E-state index in [4.69, 9.17) is 15.3 Å². The van der Waals surface area contributed by atoms with Gasteiger partial charge in [-0.15, -0.1) is 0 Å². The van der Waals surface area contributed by atoms with Gasteiger partial charge >= 0.3 is 0 Å². The van der Waals surface area contributed by atoms with Crippen molar-refractivity contribution in [2.24, 2.45) is 10.8 Å². The largest absolute Gasteiger partial charge is 0.382 e. The maximum atomic E-state index is 5.50. The number of ether oxygens (including phenoxy) is 2. The Hall–Kier alpha value is -0.850. The molecule has 18 heavy (non-hydrogen) atoms. The second kappa shape index (κ2) is 12.6. The predicted octanol–water partition coefficient (Wildman–Crippen LogP) is 0.591. The smallest absolute Gasteiger partial charge is 0.208 e. The number of rotatable bonds is 10. The zero-order chi connectivity index (χ0) is 13.6. The molecule has 6 nitrogen and oxygen atoms in total. The minimum atomic E-state index is 0.685. The van der Waals surface area contributed by atoms with Crippen LogP contribution in [0.1, 0.15) is 27.2 Å². The average Bonchev–Trinajstić information content (AvgIpc) is 2.40. The van der Waals surface area contributed by atoms with Gasteiger partial charge in [-0.05, 0) is 27.2 Å². The molecule has 3 N–H and O–H groups in total. The topological polar surface area (TPSA) is 72.1 Å². The van der Waals surface area contributed by atoms with Crippen LogP contribution in [0.25, 0.3) is 0 Å². The fourth-order valence-corrected chi connectivity index (χ4v) is 1.47. The van der Waals surface area contributed by atoms with Crippen molar-refractivity contribution in [1.82, 2.24) is 10.3 Å². The molecule has 0 saturated heterocycles. The third-order valence-electron chi connectivity index (χ3n) is 2.43. The van der Waals surface area contributed by atoms with Crippen LogP contribution in [0.4, 0.5) is 0 Å². The minimum absolute atomic E-state index is 0.685. The van der Waals surface area contributed by atoms with E-state index < -0.39 is 0 Å². The summed E-state index contributed by atoms with van der Waals surface area (Å²) in [6, 6.07) is 0. The van der Waals surface area contributed by atoms with Gasteiger partial charge in [0.15, 0.2) is 0 Å². The van der Waals surface area contributed by atoms with E-state index in [1.165, 1.54) is 0 Å². The Labute approximate surface area is 110 Å². The van der Waals surface area contributed by atoms with Crippen molar-refractivity contribution >= 4 is 5.96 Å². The zero-order valence-corrected chi connectivity index (χ0v) is 11.9. The van der Waals surface area contributed by atoms with Gasteiger partial charge in [0, 0.05) is 39.5 Å². The summed E-state index contributed by atoms with van der Waals surface area (Å²) in [5.74, 6) is 6.22. The van der Waals surface area contributed by atoms with Crippen LogP contribution in [0.15, 0.2) is 4.99 Å². The highest BCUT2D eigenvalue weighted by Crippen LogP contribution is 1.92. The first kappa shape index (κ1) is 17.2. The molecule has 0 fully saturated rings. The number of aliphatic imine (C=N–C) groups is 1. The summed E-state index contributed by atoms with van der Waals surface area (Å²) >= 11 is 0. The molecule has 0 amide bonds. The standard InChI is InChI=1S/C12H28N4O2/c1-4-16(9-11-18-6-3)12(15-13)14-8-7-10-17-5-2/h4-11,13H2,1-3H3,(H,14,15). The maximum absolute atomic E-state index is 5.50. The third-order valence-corrected chi connectivity index (χ3v) is 2.43. The summed E-state index contributed by atoms with van der Waals surface area (Å²) in [6.07, 6.45) is 0.905. The third kappa shape index (κ3) is 8.27. The van der Waals surface area contributed by atoms with Gasteiger partial charge in [-0.25, -0.2) is 5.84 Å². The van der Waals surface area contributed by atoms with Gasteiger partial charge in [0.25, 0.3) is 0 Å². The first-order chi connectivity index (χ1) is 8.79. The Morgan fingerprint density at radius 2 is 1.83 bits per heavy atom. The van der Waals surface area contributed by atoms with Gasteiger partial charge in [0.05, 0.1) is 6.61 Å². The lowest BCUT2D eigenvalue weighted by Crippen LogP contribution is -2.46. The molecule has 6 heteroatoms. The Kier molecular flexibility index (Phi) is 12.0. The monoisotopic (exact) mass is 260 g/mol. The molecule has 0 aromatic carbocycles. The molecule has 0 aromatic rings. The molecule has 0 spiro atoms. The van der Waals surface area contributed by atoms with E-state index in [2.05, 4.69) is 22.2 Å². The summed E-state index contributed by atoms with van der Waals surface area (Å²) in [4.78, 5) is 6.50. The Balaban J connectivity index is 4.02. The van der Waals surface area contributed by atoms with Crippen LogP contribution < -0.4 is 11.3 Å². The van der Waals surface area contributed by atoms with E-state index in [1.807, 2.05) is 13.8 Å². The van der Waals surface area contributed by atoms with E-state index in [-0.39, 0.29) is 0 Å². The molecular formula is C12H28N4O2. The summed E-state index contributed by atoms with van der Waals surface area (Å²) in [5, 5.41) is 0. The summed E-state index contributed by atoms with van der Waals surface area (Å²) in [7, 11) is 0. The number of nitrogens with two attached hydrogens (primary N) is 1. The molecule has 0 aliphatic carbocycles. The van der Waals surface area contributed by atoms with Crippen molar-refractivity contribution < 1.29 is 9.47 Å². The van der Waals surface area contributed by atoms with Crippen LogP contribution in [0, 0.1) is 0 Å². The van der Waals surface area contributed by atoms with Gasteiger partial charge < -0.3 is 14.4 Å². The average molecular weight is 260 g/mol. The number of guanidine groups is 1. The summed E-state index contributed by atoms with van der Waals surface area (Å²) < 4.78 is 10.6. The molecule has 0 radical (unpaired) electrons. The lowest BCUT2D eigenvalue weighted by molar-refractivity contribution is 0.132. The number of hydrogen-bond donors (Lipinski definition) is 2. The quantitative estimate of drug-likeness (QED) is 0.198. The van der Waals surface area contributed by atoms with Crippen LogP contribution >= 0.6 is 0 Å². The predicted molar refractivity (Wildman–Crippen MR) is 74.5 cm³/mol. The molecule has 0 atom stereocenters. The fraction of sp³-hybridized carbons (Fsp3) is 0.917. The van der Waals surface area contributed by atoms with Crippen LogP contribution in [-0.4, -0.2) is 56.9 Å². The molecule has 0 heterocycles. The van der Waals surface area contributed by atoms with Crippen LogP contribution in [0.3, 0.4) is 0 Å². The van der Waals surface area contributed by atoms with Gasteiger partial charge in [-0.3, -0.25) is 10.4 Å². The van der Waals surface area contributed by atoms with E-state index in [9.17, 15) is 0 Å². The second-order valence-electron chi connectivity index (χ2n) is 3.68. The SMILES string of the molecule is CCOCCCN=C(NN)N(CC)CCOCC. The Bertz CT molecular complexity index is 212. The number of hydrazine groups is 1. The second-order valence-corrected chi connectivity index (χ2v) is 3.68. The zero-order valence-electron chi connectivity index (χ0n) is 11.9. The molecule has 108 valence electrons. The van der Waals surface area contributed by atoms with E-state index in [1.54, 1.807) is 0 Å². The van der Waals surface area contributed by atoms with E-state index >= 15 is 0 Å².